The van der Waals surface area contributed by atoms with E-state index >= 15 is 0 Å². The van der Waals surface area contributed by atoms with Gasteiger partial charge in [-0.25, -0.2) is 0 Å². The first-order chi connectivity index (χ1) is 7.54. The van der Waals surface area contributed by atoms with Crippen molar-refractivity contribution in [2.75, 3.05) is 5.32 Å². The van der Waals surface area contributed by atoms with Gasteiger partial charge in [0.1, 0.15) is 5.76 Å². The zero-order chi connectivity index (χ0) is 12.1. The number of nitrogens with zero attached hydrogens (tertiary/aromatic N) is 1. The molecule has 5 nitrogen and oxygen atoms in total. The van der Waals surface area contributed by atoms with Gasteiger partial charge in [-0.2, -0.15) is 0 Å². The van der Waals surface area contributed by atoms with Crippen molar-refractivity contribution in [3.05, 3.63) is 46.2 Å². The number of rotatable bonds is 3. The summed E-state index contributed by atoms with van der Waals surface area (Å²) >= 11 is 0. The maximum Gasteiger partial charge on any atom is 0.281 e. The molecular formula is C11H12N2O3. The first-order valence-corrected chi connectivity index (χ1v) is 4.66. The van der Waals surface area contributed by atoms with Crippen LogP contribution in [0.15, 0.2) is 40.9 Å². The van der Waals surface area contributed by atoms with E-state index in [0.717, 1.165) is 5.56 Å². The highest BCUT2D eigenvalue weighted by Crippen LogP contribution is 2.12. The van der Waals surface area contributed by atoms with Crippen LogP contribution in [0.5, 0.6) is 0 Å². The van der Waals surface area contributed by atoms with Gasteiger partial charge in [-0.3, -0.25) is 4.79 Å². The Kier molecular flexibility index (Phi) is 3.77. The topological polar surface area (TPSA) is 78.8 Å². The molecular weight excluding hydrogens is 208 g/mol. The fourth-order valence-electron chi connectivity index (χ4n) is 1.18. The molecule has 5 heteroatoms. The Labute approximate surface area is 92.8 Å². The Morgan fingerprint density at radius 1 is 1.44 bits per heavy atom. The molecule has 0 heterocycles. The maximum absolute atomic E-state index is 11.5. The van der Waals surface area contributed by atoms with Crippen LogP contribution in [0.25, 0.3) is 0 Å². The Morgan fingerprint density at radius 2 is 2.12 bits per heavy atom. The lowest BCUT2D eigenvalue weighted by Gasteiger charge is -2.04. The van der Waals surface area contributed by atoms with Gasteiger partial charge in [-0.1, -0.05) is 12.1 Å². The molecule has 0 radical (unpaired) electrons. The summed E-state index contributed by atoms with van der Waals surface area (Å²) in [4.78, 5) is 21.8. The number of hydrogen-bond acceptors (Lipinski definition) is 4. The van der Waals surface area contributed by atoms with Crippen molar-refractivity contribution in [2.24, 2.45) is 5.18 Å². The summed E-state index contributed by atoms with van der Waals surface area (Å²) in [6.07, 6.45) is 0. The molecule has 0 saturated heterocycles. The van der Waals surface area contributed by atoms with Crippen molar-refractivity contribution in [3.63, 3.8) is 0 Å². The SMILES string of the molecule is C/C(O)=C(\N=O)C(=O)Nc1cccc(C)c1. The molecule has 2 N–H and O–H groups in total. The number of amides is 1. The van der Waals surface area contributed by atoms with Crippen LogP contribution in [0.4, 0.5) is 5.69 Å². The summed E-state index contributed by atoms with van der Waals surface area (Å²) in [5.74, 6) is -1.12. The fraction of sp³-hybridized carbons (Fsp3) is 0.182. The van der Waals surface area contributed by atoms with Gasteiger partial charge in [0, 0.05) is 5.69 Å². The molecule has 0 aromatic heterocycles. The van der Waals surface area contributed by atoms with E-state index in [1.54, 1.807) is 18.2 Å². The Balaban J connectivity index is 2.87. The smallest absolute Gasteiger partial charge is 0.281 e. The first kappa shape index (κ1) is 11.9. The van der Waals surface area contributed by atoms with Crippen molar-refractivity contribution in [1.82, 2.24) is 0 Å². The largest absolute Gasteiger partial charge is 0.510 e. The molecule has 1 rings (SSSR count). The Hall–Kier alpha value is -2.17. The van der Waals surface area contributed by atoms with Gasteiger partial charge in [0.25, 0.3) is 5.91 Å². The zero-order valence-corrected chi connectivity index (χ0v) is 9.02. The van der Waals surface area contributed by atoms with E-state index in [4.69, 9.17) is 5.11 Å². The van der Waals surface area contributed by atoms with Crippen molar-refractivity contribution in [1.29, 1.82) is 0 Å². The van der Waals surface area contributed by atoms with E-state index < -0.39 is 17.4 Å². The van der Waals surface area contributed by atoms with Gasteiger partial charge < -0.3 is 10.4 Å². The lowest BCUT2D eigenvalue weighted by molar-refractivity contribution is -0.113. The molecule has 1 aromatic carbocycles. The number of nitroso groups, excluding NO2 is 1. The Morgan fingerprint density at radius 3 is 2.62 bits per heavy atom. The number of aliphatic hydroxyl groups excluding tert-OH is 1. The van der Waals surface area contributed by atoms with Crippen LogP contribution < -0.4 is 5.32 Å². The number of aliphatic hydroxyl groups is 1. The summed E-state index contributed by atoms with van der Waals surface area (Å²) in [6, 6.07) is 7.07. The van der Waals surface area contributed by atoms with Crippen LogP contribution in [0.1, 0.15) is 12.5 Å². The van der Waals surface area contributed by atoms with E-state index in [9.17, 15) is 9.70 Å². The fourth-order valence-corrected chi connectivity index (χ4v) is 1.18. The van der Waals surface area contributed by atoms with Gasteiger partial charge in [0.2, 0.25) is 5.70 Å². The third-order valence-corrected chi connectivity index (χ3v) is 1.93. The average Bonchev–Trinajstić information content (AvgIpc) is 2.17. The van der Waals surface area contributed by atoms with Crippen molar-refractivity contribution in [2.45, 2.75) is 13.8 Å². The number of nitrogens with one attached hydrogen (secondary N) is 1. The quantitative estimate of drug-likeness (QED) is 0.466. The van der Waals surface area contributed by atoms with Crippen LogP contribution in [0.3, 0.4) is 0 Å². The average molecular weight is 220 g/mol. The number of carbonyl (C=O) groups excluding carboxylic acids is 1. The maximum atomic E-state index is 11.5. The second-order valence-corrected chi connectivity index (χ2v) is 3.35. The highest BCUT2D eigenvalue weighted by molar-refractivity contribution is 6.03. The normalized spacial score (nSPS) is 11.6. The number of carbonyl (C=O) groups is 1. The third-order valence-electron chi connectivity index (χ3n) is 1.93. The van der Waals surface area contributed by atoms with Gasteiger partial charge in [0.15, 0.2) is 0 Å². The lowest BCUT2D eigenvalue weighted by Crippen LogP contribution is -2.14. The monoisotopic (exact) mass is 220 g/mol. The molecule has 84 valence electrons. The lowest BCUT2D eigenvalue weighted by atomic mass is 10.2. The second kappa shape index (κ2) is 5.06. The second-order valence-electron chi connectivity index (χ2n) is 3.35. The Bertz CT molecular complexity index is 448. The van der Waals surface area contributed by atoms with Crippen molar-refractivity contribution in [3.8, 4) is 0 Å². The molecule has 0 spiro atoms. The van der Waals surface area contributed by atoms with Gasteiger partial charge >= 0.3 is 0 Å². The highest BCUT2D eigenvalue weighted by Gasteiger charge is 2.13. The minimum Gasteiger partial charge on any atom is -0.510 e. The van der Waals surface area contributed by atoms with Gasteiger partial charge in [0.05, 0.1) is 0 Å². The number of aryl methyl sites for hydroxylation is 1. The van der Waals surface area contributed by atoms with Crippen LogP contribution in [0, 0.1) is 11.8 Å². The van der Waals surface area contributed by atoms with Crippen LogP contribution >= 0.6 is 0 Å². The predicted molar refractivity (Wildman–Crippen MR) is 60.9 cm³/mol. The zero-order valence-electron chi connectivity index (χ0n) is 9.02. The van der Waals surface area contributed by atoms with Gasteiger partial charge in [-0.05, 0) is 36.7 Å². The van der Waals surface area contributed by atoms with E-state index in [2.05, 4.69) is 10.5 Å². The molecule has 0 aliphatic carbocycles. The van der Waals surface area contributed by atoms with Crippen LogP contribution in [-0.4, -0.2) is 11.0 Å². The molecule has 0 aliphatic heterocycles. The molecule has 0 saturated carbocycles. The highest BCUT2D eigenvalue weighted by atomic mass is 16.3. The number of anilines is 1. The molecule has 0 atom stereocenters. The first-order valence-electron chi connectivity index (χ1n) is 4.66. The van der Waals surface area contributed by atoms with Crippen LogP contribution in [0.2, 0.25) is 0 Å². The number of benzene rings is 1. The number of allylic oxidation sites excluding steroid dienone is 1. The van der Waals surface area contributed by atoms with Gasteiger partial charge in [-0.15, -0.1) is 4.91 Å². The minimum atomic E-state index is -0.722. The van der Waals surface area contributed by atoms with E-state index in [1.165, 1.54) is 6.92 Å². The molecule has 0 unspecified atom stereocenters. The standard InChI is InChI=1S/C11H12N2O3/c1-7-4-3-5-9(6-7)12-11(15)10(13-16)8(2)14/h3-6,14H,1-2H3,(H,12,15)/b10-8+. The van der Waals surface area contributed by atoms with Crippen LogP contribution in [-0.2, 0) is 4.79 Å². The van der Waals surface area contributed by atoms with E-state index in [-0.39, 0.29) is 0 Å². The molecule has 1 aromatic rings. The summed E-state index contributed by atoms with van der Waals surface area (Å²) in [5, 5.41) is 14.0. The molecule has 0 fully saturated rings. The molecule has 1 amide bonds. The molecule has 0 bridgehead atoms. The van der Waals surface area contributed by atoms with Crippen molar-refractivity contribution >= 4 is 11.6 Å². The third kappa shape index (κ3) is 2.91. The summed E-state index contributed by atoms with van der Waals surface area (Å²) < 4.78 is 0. The summed E-state index contributed by atoms with van der Waals surface area (Å²) in [7, 11) is 0. The minimum absolute atomic E-state index is 0.403. The predicted octanol–water partition coefficient (Wildman–Crippen LogP) is 2.49. The summed E-state index contributed by atoms with van der Waals surface area (Å²) in [6.45, 7) is 3.11. The summed E-state index contributed by atoms with van der Waals surface area (Å²) in [5.41, 5.74) is 1.01. The van der Waals surface area contributed by atoms with E-state index in [0.29, 0.717) is 5.69 Å². The molecule has 0 aliphatic rings. The van der Waals surface area contributed by atoms with Crippen molar-refractivity contribution < 1.29 is 9.90 Å². The number of hydrogen-bond donors (Lipinski definition) is 2. The molecule has 16 heavy (non-hydrogen) atoms. The van der Waals surface area contributed by atoms with E-state index in [1.807, 2.05) is 13.0 Å².